The summed E-state index contributed by atoms with van der Waals surface area (Å²) in [7, 11) is 1.82. The number of halogens is 1. The van der Waals surface area contributed by atoms with Gasteiger partial charge in [-0.3, -0.25) is 9.89 Å². The molecule has 0 unspecified atom stereocenters. The molecule has 1 saturated heterocycles. The Hall–Kier alpha value is -1.61. The third-order valence-corrected chi connectivity index (χ3v) is 5.26. The minimum atomic E-state index is 0. The van der Waals surface area contributed by atoms with Crippen LogP contribution in [0.2, 0.25) is 0 Å². The van der Waals surface area contributed by atoms with Gasteiger partial charge >= 0.3 is 0 Å². The predicted octanol–water partition coefficient (Wildman–Crippen LogP) is 3.42. The first-order chi connectivity index (χ1) is 13.1. The van der Waals surface area contributed by atoms with Crippen LogP contribution in [0.4, 0.5) is 0 Å². The fourth-order valence-corrected chi connectivity index (χ4v) is 3.55. The van der Waals surface area contributed by atoms with Crippen molar-refractivity contribution in [3.8, 4) is 5.69 Å². The van der Waals surface area contributed by atoms with Gasteiger partial charge in [-0.2, -0.15) is 5.10 Å². The number of nitrogens with zero attached hydrogens (tertiary/aromatic N) is 4. The van der Waals surface area contributed by atoms with Crippen molar-refractivity contribution in [1.82, 2.24) is 25.3 Å². The molecule has 2 heterocycles. The van der Waals surface area contributed by atoms with Crippen molar-refractivity contribution in [2.24, 2.45) is 4.99 Å². The average molecular weight is 496 g/mol. The Morgan fingerprint density at radius 1 is 1.14 bits per heavy atom. The van der Waals surface area contributed by atoms with Gasteiger partial charge in [0.1, 0.15) is 0 Å². The van der Waals surface area contributed by atoms with E-state index in [0.717, 1.165) is 24.7 Å². The van der Waals surface area contributed by atoms with E-state index in [-0.39, 0.29) is 29.5 Å². The second-order valence-electron chi connectivity index (χ2n) is 7.76. The molecule has 0 radical (unpaired) electrons. The first kappa shape index (κ1) is 22.7. The van der Waals surface area contributed by atoms with E-state index in [1.54, 1.807) is 6.20 Å². The zero-order chi connectivity index (χ0) is 19.1. The van der Waals surface area contributed by atoms with Gasteiger partial charge in [-0.05, 0) is 63.5 Å². The minimum Gasteiger partial charge on any atom is -0.355 e. The van der Waals surface area contributed by atoms with Crippen molar-refractivity contribution < 1.29 is 0 Å². The Morgan fingerprint density at radius 3 is 2.61 bits per heavy atom. The summed E-state index contributed by atoms with van der Waals surface area (Å²) in [6.07, 6.45) is 7.73. The van der Waals surface area contributed by atoms with Crippen LogP contribution >= 0.6 is 24.0 Å². The van der Waals surface area contributed by atoms with Crippen LogP contribution in [0.25, 0.3) is 5.69 Å². The lowest BCUT2D eigenvalue weighted by Gasteiger charge is -2.41. The Bertz CT molecular complexity index is 735. The van der Waals surface area contributed by atoms with Crippen LogP contribution in [-0.2, 0) is 6.54 Å². The summed E-state index contributed by atoms with van der Waals surface area (Å²) < 4.78 is 1.87. The van der Waals surface area contributed by atoms with Crippen molar-refractivity contribution in [3.05, 3.63) is 48.3 Å². The molecule has 1 aromatic carbocycles. The zero-order valence-electron chi connectivity index (χ0n) is 17.2. The van der Waals surface area contributed by atoms with Crippen LogP contribution < -0.4 is 10.6 Å². The fourth-order valence-electron chi connectivity index (χ4n) is 3.55. The van der Waals surface area contributed by atoms with Gasteiger partial charge in [0.2, 0.25) is 0 Å². The van der Waals surface area contributed by atoms with Crippen LogP contribution in [0, 0.1) is 0 Å². The average Bonchev–Trinajstić information content (AvgIpc) is 3.24. The molecule has 1 fully saturated rings. The molecule has 0 saturated carbocycles. The van der Waals surface area contributed by atoms with E-state index in [4.69, 9.17) is 0 Å². The largest absolute Gasteiger partial charge is 0.355 e. The number of guanidine groups is 1. The molecule has 2 N–H and O–H groups in total. The van der Waals surface area contributed by atoms with Crippen molar-refractivity contribution in [2.45, 2.75) is 45.2 Å². The lowest BCUT2D eigenvalue weighted by atomic mass is 9.98. The molecule has 0 atom stereocenters. The number of benzene rings is 1. The van der Waals surface area contributed by atoms with Crippen molar-refractivity contribution in [1.29, 1.82) is 0 Å². The smallest absolute Gasteiger partial charge is 0.191 e. The lowest BCUT2D eigenvalue weighted by Crippen LogP contribution is -2.54. The highest BCUT2D eigenvalue weighted by atomic mass is 127. The molecule has 6 nitrogen and oxygen atoms in total. The summed E-state index contributed by atoms with van der Waals surface area (Å²) in [6.45, 7) is 8.61. The summed E-state index contributed by atoms with van der Waals surface area (Å²) in [5.41, 5.74) is 2.38. The van der Waals surface area contributed by atoms with Crippen molar-refractivity contribution >= 4 is 29.9 Å². The maximum Gasteiger partial charge on any atom is 0.191 e. The first-order valence-electron chi connectivity index (χ1n) is 9.87. The molecule has 0 bridgehead atoms. The normalized spacial score (nSPS) is 15.8. The van der Waals surface area contributed by atoms with Crippen LogP contribution in [-0.4, -0.2) is 52.9 Å². The minimum absolute atomic E-state index is 0. The highest BCUT2D eigenvalue weighted by Gasteiger charge is 2.27. The molecular formula is C21H33IN6. The summed E-state index contributed by atoms with van der Waals surface area (Å²) in [6, 6.07) is 10.3. The third kappa shape index (κ3) is 6.20. The molecule has 3 rings (SSSR count). The lowest BCUT2D eigenvalue weighted by molar-refractivity contribution is 0.0982. The van der Waals surface area contributed by atoms with E-state index in [9.17, 15) is 0 Å². The molecule has 0 spiro atoms. The second kappa shape index (κ2) is 10.8. The van der Waals surface area contributed by atoms with Gasteiger partial charge < -0.3 is 10.6 Å². The van der Waals surface area contributed by atoms with Gasteiger partial charge in [0, 0.05) is 38.1 Å². The van der Waals surface area contributed by atoms with E-state index in [2.05, 4.69) is 63.7 Å². The number of piperidine rings is 1. The molecule has 1 aliphatic heterocycles. The van der Waals surface area contributed by atoms with Gasteiger partial charge in [-0.15, -0.1) is 24.0 Å². The molecule has 2 aromatic rings. The van der Waals surface area contributed by atoms with E-state index in [1.165, 1.54) is 37.9 Å². The number of likely N-dealkylation sites (tertiary alicyclic amines) is 1. The molecule has 28 heavy (non-hydrogen) atoms. The van der Waals surface area contributed by atoms with Gasteiger partial charge in [-0.1, -0.05) is 18.6 Å². The third-order valence-electron chi connectivity index (χ3n) is 5.26. The monoisotopic (exact) mass is 496 g/mol. The quantitative estimate of drug-likeness (QED) is 0.366. The Labute approximate surface area is 185 Å². The standard InChI is InChI=1S/C21H32N6.HI/c1-21(2,26-12-5-4-6-13-26)17-24-20(22-3)23-16-18-9-7-10-19(15-18)27-14-8-11-25-27;/h7-11,14-15H,4-6,12-13,16-17H2,1-3H3,(H2,22,23,24);1H. The molecule has 154 valence electrons. The number of hydrogen-bond donors (Lipinski definition) is 2. The topological polar surface area (TPSA) is 57.5 Å². The van der Waals surface area contributed by atoms with Crippen molar-refractivity contribution in [2.75, 3.05) is 26.7 Å². The van der Waals surface area contributed by atoms with Gasteiger partial charge in [0.05, 0.1) is 5.69 Å². The van der Waals surface area contributed by atoms with Crippen molar-refractivity contribution in [3.63, 3.8) is 0 Å². The number of rotatable bonds is 6. The zero-order valence-corrected chi connectivity index (χ0v) is 19.5. The predicted molar refractivity (Wildman–Crippen MR) is 127 cm³/mol. The number of aromatic nitrogens is 2. The summed E-state index contributed by atoms with van der Waals surface area (Å²) in [5.74, 6) is 0.838. The summed E-state index contributed by atoms with van der Waals surface area (Å²) in [4.78, 5) is 6.97. The maximum atomic E-state index is 4.38. The highest BCUT2D eigenvalue weighted by Crippen LogP contribution is 2.19. The Morgan fingerprint density at radius 2 is 1.93 bits per heavy atom. The van der Waals surface area contributed by atoms with Crippen LogP contribution in [0.1, 0.15) is 38.7 Å². The van der Waals surface area contributed by atoms with E-state index < -0.39 is 0 Å². The van der Waals surface area contributed by atoms with E-state index in [1.807, 2.05) is 24.0 Å². The highest BCUT2D eigenvalue weighted by molar-refractivity contribution is 14.0. The van der Waals surface area contributed by atoms with Gasteiger partial charge in [0.15, 0.2) is 5.96 Å². The van der Waals surface area contributed by atoms with Crippen LogP contribution in [0.3, 0.4) is 0 Å². The van der Waals surface area contributed by atoms with E-state index in [0.29, 0.717) is 0 Å². The molecule has 1 aliphatic rings. The van der Waals surface area contributed by atoms with E-state index >= 15 is 0 Å². The summed E-state index contributed by atoms with van der Waals surface area (Å²) >= 11 is 0. The molecule has 7 heteroatoms. The molecule has 1 aromatic heterocycles. The summed E-state index contributed by atoms with van der Waals surface area (Å²) in [5, 5.41) is 11.2. The first-order valence-corrected chi connectivity index (χ1v) is 9.87. The number of hydrogen-bond acceptors (Lipinski definition) is 3. The van der Waals surface area contributed by atoms with Crippen LogP contribution in [0.5, 0.6) is 0 Å². The van der Waals surface area contributed by atoms with Gasteiger partial charge in [0.25, 0.3) is 0 Å². The maximum absolute atomic E-state index is 4.38. The molecule has 0 amide bonds. The van der Waals surface area contributed by atoms with Crippen LogP contribution in [0.15, 0.2) is 47.7 Å². The van der Waals surface area contributed by atoms with Gasteiger partial charge in [-0.25, -0.2) is 4.68 Å². The number of aliphatic imine (C=N–C) groups is 1. The number of nitrogens with one attached hydrogen (secondary N) is 2. The molecular weight excluding hydrogens is 463 g/mol. The Balaban J connectivity index is 0.00000280. The Kier molecular flexibility index (Phi) is 8.75. The second-order valence-corrected chi connectivity index (χ2v) is 7.76. The fraction of sp³-hybridized carbons (Fsp3) is 0.524. The molecule has 0 aliphatic carbocycles. The SMILES string of the molecule is CN=C(NCc1cccc(-n2cccn2)c1)NCC(C)(C)N1CCCCC1.I.